The highest BCUT2D eigenvalue weighted by Gasteiger charge is 2.03. The van der Waals surface area contributed by atoms with Crippen LogP contribution >= 0.6 is 0 Å². The average molecular weight is 282 g/mol. The highest BCUT2D eigenvalue weighted by atomic mass is 16.7. The number of tetrazole rings is 1. The number of ether oxygens (including phenoxy) is 2. The van der Waals surface area contributed by atoms with E-state index < -0.39 is 0 Å². The molecule has 3 rings (SSSR count). The number of benzene rings is 2. The lowest BCUT2D eigenvalue weighted by Gasteiger charge is -2.06. The van der Waals surface area contributed by atoms with Crippen LogP contribution in [0.15, 0.2) is 48.5 Å². The van der Waals surface area contributed by atoms with Crippen LogP contribution in [0.25, 0.3) is 22.5 Å². The van der Waals surface area contributed by atoms with Crippen LogP contribution in [-0.4, -0.2) is 34.5 Å². The molecule has 0 bridgehead atoms. The molecule has 2 aromatic carbocycles. The van der Waals surface area contributed by atoms with Crippen molar-refractivity contribution in [2.75, 3.05) is 13.9 Å². The van der Waals surface area contributed by atoms with E-state index in [1.54, 1.807) is 7.11 Å². The molecule has 106 valence electrons. The van der Waals surface area contributed by atoms with Crippen molar-refractivity contribution in [2.24, 2.45) is 0 Å². The summed E-state index contributed by atoms with van der Waals surface area (Å²) >= 11 is 0. The molecule has 1 N–H and O–H groups in total. The van der Waals surface area contributed by atoms with Crippen molar-refractivity contribution in [1.29, 1.82) is 0 Å². The predicted octanol–water partition coefficient (Wildman–Crippen LogP) is 2.52. The van der Waals surface area contributed by atoms with E-state index in [-0.39, 0.29) is 6.79 Å². The number of hydrogen-bond acceptors (Lipinski definition) is 5. The Hall–Kier alpha value is -2.73. The molecule has 0 amide bonds. The lowest BCUT2D eigenvalue weighted by molar-refractivity contribution is 0.0511. The van der Waals surface area contributed by atoms with Gasteiger partial charge in [0.05, 0.1) is 0 Å². The van der Waals surface area contributed by atoms with Gasteiger partial charge in [-0.2, -0.15) is 5.21 Å². The third-order valence-electron chi connectivity index (χ3n) is 3.02. The summed E-state index contributed by atoms with van der Waals surface area (Å²) in [6, 6.07) is 15.8. The van der Waals surface area contributed by atoms with Crippen LogP contribution < -0.4 is 4.74 Å². The van der Waals surface area contributed by atoms with Crippen LogP contribution in [0.5, 0.6) is 5.75 Å². The summed E-state index contributed by atoms with van der Waals surface area (Å²) in [4.78, 5) is 0. The molecule has 1 heterocycles. The highest BCUT2D eigenvalue weighted by molar-refractivity contribution is 5.67. The molecule has 0 saturated carbocycles. The number of rotatable bonds is 5. The molecule has 0 saturated heterocycles. The van der Waals surface area contributed by atoms with E-state index in [0.29, 0.717) is 5.82 Å². The molecule has 0 aliphatic carbocycles. The summed E-state index contributed by atoms with van der Waals surface area (Å²) in [6.45, 7) is 0.249. The molecule has 0 atom stereocenters. The van der Waals surface area contributed by atoms with Gasteiger partial charge in [-0.25, -0.2) is 0 Å². The normalized spacial score (nSPS) is 10.5. The number of methoxy groups -OCH3 is 1. The van der Waals surface area contributed by atoms with Crippen molar-refractivity contribution < 1.29 is 9.47 Å². The smallest absolute Gasteiger partial charge is 0.204 e. The Morgan fingerprint density at radius 3 is 2.10 bits per heavy atom. The van der Waals surface area contributed by atoms with Gasteiger partial charge in [0.15, 0.2) is 6.79 Å². The molecular formula is C15H14N4O2. The third-order valence-corrected chi connectivity index (χ3v) is 3.02. The zero-order valence-electron chi connectivity index (χ0n) is 11.5. The van der Waals surface area contributed by atoms with E-state index in [0.717, 1.165) is 22.4 Å². The Kier molecular flexibility index (Phi) is 3.88. The minimum Gasteiger partial charge on any atom is -0.468 e. The van der Waals surface area contributed by atoms with E-state index in [1.165, 1.54) is 0 Å². The standard InChI is InChI=1S/C15H14N4O2/c1-20-10-21-14-8-6-12(7-9-14)11-2-4-13(5-3-11)15-16-18-19-17-15/h2-9H,10H2,1H3,(H,16,17,18,19). The van der Waals surface area contributed by atoms with Crippen LogP contribution in [-0.2, 0) is 4.74 Å². The van der Waals surface area contributed by atoms with E-state index in [4.69, 9.17) is 9.47 Å². The highest BCUT2D eigenvalue weighted by Crippen LogP contribution is 2.24. The zero-order valence-corrected chi connectivity index (χ0v) is 11.5. The van der Waals surface area contributed by atoms with Crippen molar-refractivity contribution in [3.05, 3.63) is 48.5 Å². The third kappa shape index (κ3) is 3.06. The maximum atomic E-state index is 5.36. The molecular weight excluding hydrogens is 268 g/mol. The summed E-state index contributed by atoms with van der Waals surface area (Å²) in [5.74, 6) is 1.37. The monoisotopic (exact) mass is 282 g/mol. The first-order valence-corrected chi connectivity index (χ1v) is 6.43. The molecule has 21 heavy (non-hydrogen) atoms. The Morgan fingerprint density at radius 1 is 0.905 bits per heavy atom. The second kappa shape index (κ2) is 6.15. The number of aromatic amines is 1. The average Bonchev–Trinajstić information content (AvgIpc) is 3.08. The van der Waals surface area contributed by atoms with Gasteiger partial charge in [0, 0.05) is 12.7 Å². The molecule has 0 aliphatic rings. The Balaban J connectivity index is 1.77. The fourth-order valence-electron chi connectivity index (χ4n) is 1.97. The van der Waals surface area contributed by atoms with Crippen molar-refractivity contribution in [1.82, 2.24) is 20.6 Å². The molecule has 0 spiro atoms. The Morgan fingerprint density at radius 2 is 1.52 bits per heavy atom. The summed E-state index contributed by atoms with van der Waals surface area (Å²) < 4.78 is 10.2. The van der Waals surface area contributed by atoms with Crippen LogP contribution in [0.1, 0.15) is 0 Å². The number of nitrogens with zero attached hydrogens (tertiary/aromatic N) is 3. The van der Waals surface area contributed by atoms with Crippen LogP contribution in [0.2, 0.25) is 0 Å². The molecule has 6 heteroatoms. The van der Waals surface area contributed by atoms with Gasteiger partial charge >= 0.3 is 0 Å². The van der Waals surface area contributed by atoms with Gasteiger partial charge in [-0.15, -0.1) is 10.2 Å². The van der Waals surface area contributed by atoms with E-state index in [9.17, 15) is 0 Å². The summed E-state index contributed by atoms with van der Waals surface area (Å²) in [5, 5.41) is 13.9. The van der Waals surface area contributed by atoms with Crippen molar-refractivity contribution in [3.63, 3.8) is 0 Å². The van der Waals surface area contributed by atoms with Crippen LogP contribution in [0.3, 0.4) is 0 Å². The fraction of sp³-hybridized carbons (Fsp3) is 0.133. The fourth-order valence-corrected chi connectivity index (χ4v) is 1.97. The van der Waals surface area contributed by atoms with Crippen molar-refractivity contribution in [2.45, 2.75) is 0 Å². The number of aromatic nitrogens is 4. The minimum atomic E-state index is 0.249. The van der Waals surface area contributed by atoms with E-state index in [1.807, 2.05) is 48.5 Å². The number of hydrogen-bond donors (Lipinski definition) is 1. The largest absolute Gasteiger partial charge is 0.468 e. The quantitative estimate of drug-likeness (QED) is 0.728. The molecule has 0 radical (unpaired) electrons. The van der Waals surface area contributed by atoms with Gasteiger partial charge in [-0.05, 0) is 28.5 Å². The van der Waals surface area contributed by atoms with Gasteiger partial charge in [-0.1, -0.05) is 36.4 Å². The molecule has 1 aromatic heterocycles. The lowest BCUT2D eigenvalue weighted by Crippen LogP contribution is -1.98. The first kappa shape index (κ1) is 13.3. The zero-order chi connectivity index (χ0) is 14.5. The molecule has 6 nitrogen and oxygen atoms in total. The number of H-pyrrole nitrogens is 1. The summed E-state index contributed by atoms with van der Waals surface area (Å²) in [7, 11) is 1.60. The summed E-state index contributed by atoms with van der Waals surface area (Å²) in [5.41, 5.74) is 3.15. The van der Waals surface area contributed by atoms with Gasteiger partial charge < -0.3 is 9.47 Å². The predicted molar refractivity (Wildman–Crippen MR) is 77.6 cm³/mol. The van der Waals surface area contributed by atoms with Gasteiger partial charge in [0.2, 0.25) is 5.82 Å². The topological polar surface area (TPSA) is 72.9 Å². The SMILES string of the molecule is COCOc1ccc(-c2ccc(-c3nn[nH]n3)cc2)cc1. The minimum absolute atomic E-state index is 0.249. The van der Waals surface area contributed by atoms with E-state index in [2.05, 4.69) is 20.6 Å². The Labute approximate surface area is 121 Å². The van der Waals surface area contributed by atoms with Crippen LogP contribution in [0.4, 0.5) is 0 Å². The van der Waals surface area contributed by atoms with Crippen LogP contribution in [0, 0.1) is 0 Å². The molecule has 0 aliphatic heterocycles. The molecule has 0 fully saturated rings. The van der Waals surface area contributed by atoms with Gasteiger partial charge in [-0.3, -0.25) is 0 Å². The second-order valence-corrected chi connectivity index (χ2v) is 4.39. The second-order valence-electron chi connectivity index (χ2n) is 4.39. The maximum Gasteiger partial charge on any atom is 0.204 e. The van der Waals surface area contributed by atoms with Crippen molar-refractivity contribution in [3.8, 4) is 28.3 Å². The van der Waals surface area contributed by atoms with E-state index >= 15 is 0 Å². The Bertz CT molecular complexity index is 679. The maximum absolute atomic E-state index is 5.36. The lowest BCUT2D eigenvalue weighted by atomic mass is 10.0. The first-order chi connectivity index (χ1) is 10.4. The summed E-state index contributed by atoms with van der Waals surface area (Å²) in [6.07, 6.45) is 0. The molecule has 3 aromatic rings. The first-order valence-electron chi connectivity index (χ1n) is 6.43. The van der Waals surface area contributed by atoms with Gasteiger partial charge in [0.1, 0.15) is 5.75 Å². The van der Waals surface area contributed by atoms with Crippen molar-refractivity contribution >= 4 is 0 Å². The number of nitrogens with one attached hydrogen (secondary N) is 1. The van der Waals surface area contributed by atoms with Gasteiger partial charge in [0.25, 0.3) is 0 Å². The molecule has 0 unspecified atom stereocenters.